The molecule has 1 amide bonds. The number of hydrogen-bond acceptors (Lipinski definition) is 6. The van der Waals surface area contributed by atoms with Crippen LogP contribution in [-0.2, 0) is 15.6 Å². The first-order chi connectivity index (χ1) is 8.97. The second-order valence-electron chi connectivity index (χ2n) is 3.47. The Bertz CT molecular complexity index is 685. The van der Waals surface area contributed by atoms with Crippen molar-refractivity contribution in [2.75, 3.05) is 0 Å². The third-order valence-corrected chi connectivity index (χ3v) is 5.30. The average Bonchev–Trinajstić information content (AvgIpc) is 2.86. The fourth-order valence-electron chi connectivity index (χ4n) is 1.27. The van der Waals surface area contributed by atoms with Gasteiger partial charge in [0.15, 0.2) is 0 Å². The quantitative estimate of drug-likeness (QED) is 0.861. The summed E-state index contributed by atoms with van der Waals surface area (Å²) in [6.45, 7) is 0.213. The Hall–Kier alpha value is -1.51. The number of nitrogens with one attached hydrogen (secondary N) is 1. The lowest BCUT2D eigenvalue weighted by Crippen LogP contribution is -2.22. The Morgan fingerprint density at radius 1 is 1.32 bits per heavy atom. The molecule has 0 aromatic carbocycles. The number of carbonyl (C=O) groups is 1. The van der Waals surface area contributed by atoms with Gasteiger partial charge >= 0.3 is 0 Å². The summed E-state index contributed by atoms with van der Waals surface area (Å²) in [5, 5.41) is 2.63. The fraction of sp³-hybridized carbons (Fsp3) is 0.100. The van der Waals surface area contributed by atoms with Crippen LogP contribution in [0.25, 0.3) is 0 Å². The van der Waals surface area contributed by atoms with Crippen molar-refractivity contribution in [3.8, 4) is 0 Å². The molecule has 1 N–H and O–H groups in total. The predicted octanol–water partition coefficient (Wildman–Crippen LogP) is 1.40. The highest BCUT2D eigenvalue weighted by Crippen LogP contribution is 2.24. The summed E-state index contributed by atoms with van der Waals surface area (Å²) in [4.78, 5) is 19.8. The van der Waals surface area contributed by atoms with E-state index in [1.165, 1.54) is 24.8 Å². The maximum Gasteiger partial charge on any atom is 0.270 e. The molecular weight excluding hydrogens is 310 g/mol. The topological polar surface area (TPSA) is 89.0 Å². The molecule has 2 rings (SSSR count). The Kier molecular flexibility index (Phi) is 4.13. The number of amides is 1. The highest BCUT2D eigenvalue weighted by atomic mass is 35.7. The largest absolute Gasteiger partial charge is 0.347 e. The molecule has 0 aliphatic carbocycles. The number of rotatable bonds is 4. The van der Waals surface area contributed by atoms with E-state index in [1.807, 2.05) is 0 Å². The van der Waals surface area contributed by atoms with Crippen molar-refractivity contribution in [3.63, 3.8) is 0 Å². The van der Waals surface area contributed by atoms with Crippen LogP contribution in [0.1, 0.15) is 15.2 Å². The van der Waals surface area contributed by atoms with Gasteiger partial charge in [-0.25, -0.2) is 18.4 Å². The zero-order valence-electron chi connectivity index (χ0n) is 9.41. The molecule has 100 valence electrons. The molecule has 9 heteroatoms. The lowest BCUT2D eigenvalue weighted by molar-refractivity contribution is 0.0950. The molecule has 6 nitrogen and oxygen atoms in total. The molecule has 0 saturated heterocycles. The molecular formula is C10H8ClN3O3S2. The van der Waals surface area contributed by atoms with Gasteiger partial charge in [-0.1, -0.05) is 0 Å². The summed E-state index contributed by atoms with van der Waals surface area (Å²) in [5.41, 5.74) is 0.337. The number of aromatic nitrogens is 2. The van der Waals surface area contributed by atoms with Crippen LogP contribution in [0.4, 0.5) is 0 Å². The van der Waals surface area contributed by atoms with Gasteiger partial charge in [0.1, 0.15) is 10.5 Å². The zero-order chi connectivity index (χ0) is 13.9. The van der Waals surface area contributed by atoms with Crippen LogP contribution in [0.15, 0.2) is 35.1 Å². The van der Waals surface area contributed by atoms with Crippen molar-refractivity contribution in [2.45, 2.75) is 10.8 Å². The van der Waals surface area contributed by atoms with Gasteiger partial charge in [-0.2, -0.15) is 0 Å². The van der Waals surface area contributed by atoms with Gasteiger partial charge in [-0.05, 0) is 12.1 Å². The van der Waals surface area contributed by atoms with Crippen LogP contribution in [0, 0.1) is 0 Å². The minimum atomic E-state index is -3.71. The first-order valence-corrected chi connectivity index (χ1v) is 8.16. The van der Waals surface area contributed by atoms with Gasteiger partial charge in [0, 0.05) is 28.0 Å². The van der Waals surface area contributed by atoms with Crippen LogP contribution in [0.5, 0.6) is 0 Å². The molecule has 0 spiro atoms. The Morgan fingerprint density at radius 2 is 2.00 bits per heavy atom. The van der Waals surface area contributed by atoms with Crippen molar-refractivity contribution in [1.82, 2.24) is 15.3 Å². The highest BCUT2D eigenvalue weighted by Gasteiger charge is 2.13. The second kappa shape index (κ2) is 5.64. The van der Waals surface area contributed by atoms with Crippen molar-refractivity contribution in [2.24, 2.45) is 0 Å². The molecule has 0 aliphatic heterocycles. The monoisotopic (exact) mass is 317 g/mol. The second-order valence-corrected chi connectivity index (χ2v) is 7.43. The molecule has 2 heterocycles. The van der Waals surface area contributed by atoms with Gasteiger partial charge in [0.25, 0.3) is 15.0 Å². The zero-order valence-corrected chi connectivity index (χ0v) is 11.8. The Labute approximate surface area is 117 Å². The third kappa shape index (κ3) is 3.72. The lowest BCUT2D eigenvalue weighted by atomic mass is 10.3. The number of thiophene rings is 1. The van der Waals surface area contributed by atoms with E-state index in [-0.39, 0.29) is 16.7 Å². The van der Waals surface area contributed by atoms with Crippen molar-refractivity contribution in [3.05, 3.63) is 41.3 Å². The molecule has 0 saturated carbocycles. The minimum absolute atomic E-state index is 0.0569. The number of carbonyl (C=O) groups excluding carboxylic acids is 1. The molecule has 0 atom stereocenters. The van der Waals surface area contributed by atoms with Crippen LogP contribution in [0.2, 0.25) is 0 Å². The summed E-state index contributed by atoms with van der Waals surface area (Å²) >= 11 is 1.01. The van der Waals surface area contributed by atoms with Gasteiger partial charge in [-0.15, -0.1) is 11.3 Å². The van der Waals surface area contributed by atoms with Gasteiger partial charge in [-0.3, -0.25) is 4.79 Å². The van der Waals surface area contributed by atoms with E-state index >= 15 is 0 Å². The fourth-order valence-corrected chi connectivity index (χ4v) is 3.33. The van der Waals surface area contributed by atoms with Gasteiger partial charge in [0.2, 0.25) is 0 Å². The predicted molar refractivity (Wildman–Crippen MR) is 70.6 cm³/mol. The smallest absolute Gasteiger partial charge is 0.270 e. The standard InChI is InChI=1S/C10H8ClN3O3S2/c11-19(16,17)9-2-1-8(18-9)5-14-10(15)7-3-12-6-13-4-7/h1-4,6H,5H2,(H,14,15). The molecule has 0 radical (unpaired) electrons. The number of halogens is 1. The van der Waals surface area contributed by atoms with Gasteiger partial charge in [0.05, 0.1) is 12.1 Å². The van der Waals surface area contributed by atoms with E-state index in [4.69, 9.17) is 10.7 Å². The third-order valence-electron chi connectivity index (χ3n) is 2.12. The van der Waals surface area contributed by atoms with Crippen LogP contribution < -0.4 is 5.32 Å². The lowest BCUT2D eigenvalue weighted by Gasteiger charge is -2.02. The van der Waals surface area contributed by atoms with E-state index in [2.05, 4.69) is 15.3 Å². The molecule has 0 unspecified atom stereocenters. The average molecular weight is 318 g/mol. The SMILES string of the molecule is O=C(NCc1ccc(S(=O)(=O)Cl)s1)c1cncnc1. The molecule has 2 aromatic rings. The normalized spacial score (nSPS) is 11.2. The summed E-state index contributed by atoms with van der Waals surface area (Å²) in [6, 6.07) is 3.00. The maximum absolute atomic E-state index is 11.7. The maximum atomic E-state index is 11.7. The summed E-state index contributed by atoms with van der Waals surface area (Å²) in [5.74, 6) is -0.329. The number of hydrogen-bond donors (Lipinski definition) is 1. The molecule has 2 aromatic heterocycles. The van der Waals surface area contributed by atoms with Crippen molar-refractivity contribution >= 4 is 37.0 Å². The first-order valence-electron chi connectivity index (χ1n) is 5.03. The van der Waals surface area contributed by atoms with Crippen molar-refractivity contribution in [1.29, 1.82) is 0 Å². The molecule has 0 aliphatic rings. The van der Waals surface area contributed by atoms with Crippen molar-refractivity contribution < 1.29 is 13.2 Å². The number of nitrogens with zero attached hydrogens (tertiary/aromatic N) is 2. The Morgan fingerprint density at radius 3 is 2.58 bits per heavy atom. The first kappa shape index (κ1) is 13.9. The van der Waals surface area contributed by atoms with Crippen LogP contribution >= 0.6 is 22.0 Å². The van der Waals surface area contributed by atoms with Crippen LogP contribution in [-0.4, -0.2) is 24.3 Å². The Balaban J connectivity index is 2.00. The van der Waals surface area contributed by atoms with E-state index in [0.29, 0.717) is 10.4 Å². The minimum Gasteiger partial charge on any atom is -0.347 e. The summed E-state index contributed by atoms with van der Waals surface area (Å²) in [6.07, 6.45) is 4.12. The molecule has 0 fully saturated rings. The van der Waals surface area contributed by atoms with E-state index in [9.17, 15) is 13.2 Å². The van der Waals surface area contributed by atoms with Crippen LogP contribution in [0.3, 0.4) is 0 Å². The molecule has 0 bridgehead atoms. The van der Waals surface area contributed by atoms with Gasteiger partial charge < -0.3 is 5.32 Å². The molecule has 19 heavy (non-hydrogen) atoms. The summed E-state index contributed by atoms with van der Waals surface area (Å²) in [7, 11) is 1.49. The van der Waals surface area contributed by atoms with E-state index in [0.717, 1.165) is 11.3 Å². The van der Waals surface area contributed by atoms with E-state index in [1.54, 1.807) is 6.07 Å². The highest BCUT2D eigenvalue weighted by molar-refractivity contribution is 8.15. The summed E-state index contributed by atoms with van der Waals surface area (Å²) < 4.78 is 22.2. The van der Waals surface area contributed by atoms with E-state index < -0.39 is 9.05 Å².